The minimum absolute atomic E-state index is 0.0479. The van der Waals surface area contributed by atoms with Crippen molar-refractivity contribution in [2.75, 3.05) is 14.2 Å². The van der Waals surface area contributed by atoms with Crippen LogP contribution in [-0.4, -0.2) is 34.2 Å². The van der Waals surface area contributed by atoms with Gasteiger partial charge < -0.3 is 9.47 Å². The maximum absolute atomic E-state index is 12.1. The first-order valence-corrected chi connectivity index (χ1v) is 10.5. The first-order chi connectivity index (χ1) is 8.81. The molecule has 106 valence electrons. The summed E-state index contributed by atoms with van der Waals surface area (Å²) in [5.41, 5.74) is -0.0995. The summed E-state index contributed by atoms with van der Waals surface area (Å²) in [4.78, 5) is 24.2. The van der Waals surface area contributed by atoms with Gasteiger partial charge in [0.15, 0.2) is 0 Å². The van der Waals surface area contributed by atoms with Gasteiger partial charge in [0, 0.05) is 10.5 Å². The quantitative estimate of drug-likeness (QED) is 0.585. The molecular formula is C14H22O4Si. The van der Waals surface area contributed by atoms with Crippen molar-refractivity contribution in [3.63, 3.8) is 0 Å². The molecule has 4 nitrogen and oxygen atoms in total. The van der Waals surface area contributed by atoms with Crippen LogP contribution >= 0.6 is 0 Å². The normalized spacial score (nSPS) is 43.2. The summed E-state index contributed by atoms with van der Waals surface area (Å²) in [5.74, 6) is 0.206. The molecule has 0 spiro atoms. The Bertz CT molecular complexity index is 437. The van der Waals surface area contributed by atoms with Gasteiger partial charge in [0.2, 0.25) is 0 Å². The molecule has 0 aromatic rings. The van der Waals surface area contributed by atoms with Gasteiger partial charge in [-0.25, -0.2) is 0 Å². The van der Waals surface area contributed by atoms with Gasteiger partial charge in [-0.3, -0.25) is 9.59 Å². The molecule has 0 N–H and O–H groups in total. The minimum Gasteiger partial charge on any atom is -0.469 e. The lowest BCUT2D eigenvalue weighted by Gasteiger charge is -2.27. The monoisotopic (exact) mass is 282 g/mol. The van der Waals surface area contributed by atoms with Gasteiger partial charge in [-0.2, -0.15) is 0 Å². The molecule has 0 saturated heterocycles. The van der Waals surface area contributed by atoms with E-state index in [-0.39, 0.29) is 34.2 Å². The van der Waals surface area contributed by atoms with Gasteiger partial charge >= 0.3 is 11.9 Å². The molecule has 5 heteroatoms. The number of hydrogen-bond acceptors (Lipinski definition) is 4. The Hall–Kier alpha value is -0.843. The fourth-order valence-electron chi connectivity index (χ4n) is 5.21. The number of fused-ring (bicyclic) bond motifs is 1. The topological polar surface area (TPSA) is 52.6 Å². The zero-order chi connectivity index (χ0) is 14.2. The van der Waals surface area contributed by atoms with Crippen LogP contribution in [0, 0.1) is 23.2 Å². The molecule has 0 aromatic heterocycles. The fourth-order valence-corrected chi connectivity index (χ4v) is 9.30. The lowest BCUT2D eigenvalue weighted by atomic mass is 9.92. The number of ether oxygens (including phenoxy) is 2. The average Bonchev–Trinajstić information content (AvgIpc) is 3.16. The Labute approximate surface area is 114 Å². The smallest absolute Gasteiger partial charge is 0.309 e. The van der Waals surface area contributed by atoms with E-state index < -0.39 is 8.07 Å². The summed E-state index contributed by atoms with van der Waals surface area (Å²) in [6, 6.07) is 0. The average molecular weight is 282 g/mol. The van der Waals surface area contributed by atoms with Crippen LogP contribution in [0.1, 0.15) is 12.8 Å². The standard InChI is InChI=1S/C14H22O4Si/c1-17-11(15)9-13(8-6-7-8)10(12(16)18-2)14(9,13)19(3,4)5/h8-10H,6-7H2,1-5H3. The number of rotatable bonds is 4. The van der Waals surface area contributed by atoms with Crippen molar-refractivity contribution in [3.05, 3.63) is 0 Å². The van der Waals surface area contributed by atoms with E-state index in [1.165, 1.54) is 14.2 Å². The molecule has 3 rings (SSSR count). The molecule has 0 radical (unpaired) electrons. The molecule has 3 fully saturated rings. The Morgan fingerprint density at radius 2 is 1.42 bits per heavy atom. The third kappa shape index (κ3) is 1.17. The van der Waals surface area contributed by atoms with Crippen LogP contribution in [0.4, 0.5) is 0 Å². The van der Waals surface area contributed by atoms with E-state index in [0.717, 1.165) is 12.8 Å². The van der Waals surface area contributed by atoms with Gasteiger partial charge in [-0.15, -0.1) is 0 Å². The first kappa shape index (κ1) is 13.2. The second kappa shape index (κ2) is 3.43. The maximum atomic E-state index is 12.1. The summed E-state index contributed by atoms with van der Waals surface area (Å²) in [6.45, 7) is 6.78. The van der Waals surface area contributed by atoms with Gasteiger partial charge in [0.1, 0.15) is 0 Å². The summed E-state index contributed by atoms with van der Waals surface area (Å²) in [6.07, 6.45) is 2.29. The molecule has 0 aromatic carbocycles. The molecule has 3 aliphatic carbocycles. The predicted octanol–water partition coefficient (Wildman–Crippen LogP) is 2.07. The van der Waals surface area contributed by atoms with Gasteiger partial charge in [-0.05, 0) is 18.8 Å². The summed E-state index contributed by atoms with van der Waals surface area (Å²) in [7, 11) is 1.25. The highest BCUT2D eigenvalue weighted by atomic mass is 28.3. The summed E-state index contributed by atoms with van der Waals surface area (Å²) < 4.78 is 9.98. The third-order valence-corrected chi connectivity index (χ3v) is 9.28. The molecule has 2 unspecified atom stereocenters. The lowest BCUT2D eigenvalue weighted by molar-refractivity contribution is -0.150. The van der Waals surface area contributed by atoms with E-state index >= 15 is 0 Å². The molecule has 0 aliphatic heterocycles. The molecule has 0 bridgehead atoms. The van der Waals surface area contributed by atoms with Crippen molar-refractivity contribution in [1.82, 2.24) is 0 Å². The second-order valence-corrected chi connectivity index (χ2v) is 12.6. The number of carbonyl (C=O) groups is 2. The first-order valence-electron chi connectivity index (χ1n) is 6.97. The molecular weight excluding hydrogens is 260 g/mol. The van der Waals surface area contributed by atoms with Gasteiger partial charge in [0.05, 0.1) is 34.1 Å². The Morgan fingerprint density at radius 1 is 1.00 bits per heavy atom. The largest absolute Gasteiger partial charge is 0.469 e. The van der Waals surface area contributed by atoms with E-state index in [0.29, 0.717) is 5.92 Å². The number of carbonyl (C=O) groups excluding carboxylic acids is 2. The Morgan fingerprint density at radius 3 is 1.68 bits per heavy atom. The minimum atomic E-state index is -1.65. The molecule has 19 heavy (non-hydrogen) atoms. The highest BCUT2D eigenvalue weighted by molar-refractivity contribution is 6.82. The van der Waals surface area contributed by atoms with Crippen LogP contribution < -0.4 is 0 Å². The number of esters is 2. The van der Waals surface area contributed by atoms with Crippen molar-refractivity contribution < 1.29 is 19.1 Å². The number of hydrogen-bond donors (Lipinski definition) is 0. The van der Waals surface area contributed by atoms with Crippen LogP contribution in [0.25, 0.3) is 0 Å². The molecule has 0 heterocycles. The maximum Gasteiger partial charge on any atom is 0.309 e. The van der Waals surface area contributed by atoms with Crippen LogP contribution in [0.15, 0.2) is 0 Å². The Kier molecular flexibility index (Phi) is 2.37. The third-order valence-electron chi connectivity index (χ3n) is 5.78. The van der Waals surface area contributed by atoms with E-state index in [1.54, 1.807) is 0 Å². The van der Waals surface area contributed by atoms with Crippen molar-refractivity contribution in [2.24, 2.45) is 23.2 Å². The second-order valence-electron chi connectivity index (χ2n) is 7.24. The van der Waals surface area contributed by atoms with Crippen molar-refractivity contribution in [1.29, 1.82) is 0 Å². The van der Waals surface area contributed by atoms with Crippen LogP contribution in [-0.2, 0) is 19.1 Å². The van der Waals surface area contributed by atoms with Gasteiger partial charge in [-0.1, -0.05) is 19.6 Å². The fraction of sp³-hybridized carbons (Fsp3) is 0.857. The Balaban J connectivity index is 2.01. The van der Waals surface area contributed by atoms with Crippen LogP contribution in [0.2, 0.25) is 24.7 Å². The summed E-state index contributed by atoms with van der Waals surface area (Å²) >= 11 is 0. The number of methoxy groups -OCH3 is 2. The van der Waals surface area contributed by atoms with Crippen LogP contribution in [0.3, 0.4) is 0 Å². The van der Waals surface area contributed by atoms with Crippen molar-refractivity contribution in [2.45, 2.75) is 37.5 Å². The van der Waals surface area contributed by atoms with E-state index in [2.05, 4.69) is 19.6 Å². The van der Waals surface area contributed by atoms with E-state index in [1.807, 2.05) is 0 Å². The van der Waals surface area contributed by atoms with Crippen molar-refractivity contribution >= 4 is 20.0 Å². The molecule has 3 saturated carbocycles. The summed E-state index contributed by atoms with van der Waals surface area (Å²) in [5, 5.41) is -0.0959. The zero-order valence-corrected chi connectivity index (χ0v) is 13.3. The van der Waals surface area contributed by atoms with Crippen molar-refractivity contribution in [3.8, 4) is 0 Å². The zero-order valence-electron chi connectivity index (χ0n) is 12.3. The molecule has 3 aliphatic rings. The predicted molar refractivity (Wildman–Crippen MR) is 72.2 cm³/mol. The van der Waals surface area contributed by atoms with E-state index in [9.17, 15) is 9.59 Å². The van der Waals surface area contributed by atoms with Crippen LogP contribution in [0.5, 0.6) is 0 Å². The van der Waals surface area contributed by atoms with E-state index in [4.69, 9.17) is 9.47 Å². The molecule has 2 atom stereocenters. The highest BCUT2D eigenvalue weighted by Gasteiger charge is 3.06. The van der Waals surface area contributed by atoms with Gasteiger partial charge in [0.25, 0.3) is 0 Å². The SMILES string of the molecule is COC(=O)C1C2(C3CC3)C(C(=O)OC)C12[Si](C)(C)C. The highest BCUT2D eigenvalue weighted by Crippen LogP contribution is 3.06. The molecule has 0 amide bonds. The lowest BCUT2D eigenvalue weighted by Crippen LogP contribution is -2.36.